The molecule has 1 aromatic carbocycles. The second-order valence-electron chi connectivity index (χ2n) is 5.60. The topological polar surface area (TPSA) is 59.4 Å². The monoisotopic (exact) mass is 298 g/mol. The summed E-state index contributed by atoms with van der Waals surface area (Å²) in [6.07, 6.45) is 1.68. The summed E-state index contributed by atoms with van der Waals surface area (Å²) in [7, 11) is 2.07. The van der Waals surface area contributed by atoms with Gasteiger partial charge in [0.05, 0.1) is 6.04 Å². The van der Waals surface area contributed by atoms with Crippen molar-refractivity contribution >= 4 is 5.91 Å². The van der Waals surface area contributed by atoms with E-state index >= 15 is 0 Å². The Morgan fingerprint density at radius 1 is 1.27 bits per heavy atom. The van der Waals surface area contributed by atoms with Crippen molar-refractivity contribution in [3.8, 4) is 6.07 Å². The summed E-state index contributed by atoms with van der Waals surface area (Å²) in [4.78, 5) is 16.5. The highest BCUT2D eigenvalue weighted by Gasteiger charge is 2.17. The first-order valence-electron chi connectivity index (χ1n) is 7.50. The second-order valence-corrected chi connectivity index (χ2v) is 5.60. The number of nitrogens with zero attached hydrogens (tertiary/aromatic N) is 3. The van der Waals surface area contributed by atoms with Gasteiger partial charge in [-0.2, -0.15) is 5.26 Å². The molecule has 5 heteroatoms. The minimum absolute atomic E-state index is 0.127. The Morgan fingerprint density at radius 3 is 2.50 bits per heavy atom. The Labute approximate surface area is 131 Å². The molecule has 1 amide bonds. The molecule has 2 rings (SSSR count). The standard InChI is InChI=1S/C17H22N4O/c1-14(15-6-4-3-5-7-15)19-17(22)16(12-18)13-21-10-8-20(2)9-11-21/h3-7,13-14H,8-11H2,1-2H3,(H,19,22)/b16-13-. The van der Waals surface area contributed by atoms with Crippen molar-refractivity contribution in [1.29, 1.82) is 5.26 Å². The molecule has 1 atom stereocenters. The number of likely N-dealkylation sites (N-methyl/N-ethyl adjacent to an activating group) is 1. The van der Waals surface area contributed by atoms with E-state index in [9.17, 15) is 10.1 Å². The van der Waals surface area contributed by atoms with Gasteiger partial charge in [0.25, 0.3) is 5.91 Å². The Balaban J connectivity index is 1.98. The fourth-order valence-corrected chi connectivity index (χ4v) is 2.37. The first-order valence-corrected chi connectivity index (χ1v) is 7.50. The molecule has 0 spiro atoms. The highest BCUT2D eigenvalue weighted by Crippen LogP contribution is 2.12. The van der Waals surface area contributed by atoms with Crippen LogP contribution in [0.3, 0.4) is 0 Å². The first-order chi connectivity index (χ1) is 10.6. The predicted octanol–water partition coefficient (Wildman–Crippen LogP) is 1.52. The van der Waals surface area contributed by atoms with Crippen LogP contribution in [0.15, 0.2) is 42.1 Å². The van der Waals surface area contributed by atoms with Gasteiger partial charge in [-0.3, -0.25) is 4.79 Å². The first kappa shape index (κ1) is 16.1. The number of piperazine rings is 1. The lowest BCUT2D eigenvalue weighted by molar-refractivity contribution is -0.117. The van der Waals surface area contributed by atoms with Crippen LogP contribution in [-0.2, 0) is 4.79 Å². The van der Waals surface area contributed by atoms with Crippen LogP contribution in [-0.4, -0.2) is 48.9 Å². The molecule has 1 unspecified atom stereocenters. The van der Waals surface area contributed by atoms with Crippen molar-refractivity contribution < 1.29 is 4.79 Å². The van der Waals surface area contributed by atoms with Crippen molar-refractivity contribution in [2.75, 3.05) is 33.2 Å². The van der Waals surface area contributed by atoms with Crippen LogP contribution in [0.4, 0.5) is 0 Å². The van der Waals surface area contributed by atoms with Gasteiger partial charge in [-0.15, -0.1) is 0 Å². The average molecular weight is 298 g/mol. The summed E-state index contributed by atoms with van der Waals surface area (Å²) in [5.41, 5.74) is 1.18. The van der Waals surface area contributed by atoms with Gasteiger partial charge < -0.3 is 15.1 Å². The van der Waals surface area contributed by atoms with Gasteiger partial charge in [0.2, 0.25) is 0 Å². The maximum Gasteiger partial charge on any atom is 0.263 e. The third kappa shape index (κ3) is 4.34. The van der Waals surface area contributed by atoms with E-state index in [4.69, 9.17) is 0 Å². The van der Waals surface area contributed by atoms with Crippen molar-refractivity contribution in [1.82, 2.24) is 15.1 Å². The average Bonchev–Trinajstić information content (AvgIpc) is 2.55. The van der Waals surface area contributed by atoms with Crippen LogP contribution in [0.1, 0.15) is 18.5 Å². The number of nitrogens with one attached hydrogen (secondary N) is 1. The number of hydrogen-bond acceptors (Lipinski definition) is 4. The molecular weight excluding hydrogens is 276 g/mol. The lowest BCUT2D eigenvalue weighted by Crippen LogP contribution is -2.42. The second kappa shape index (κ2) is 7.62. The summed E-state index contributed by atoms with van der Waals surface area (Å²) < 4.78 is 0. The van der Waals surface area contributed by atoms with E-state index in [1.54, 1.807) is 6.20 Å². The molecule has 0 radical (unpaired) electrons. The van der Waals surface area contributed by atoms with E-state index in [2.05, 4.69) is 17.3 Å². The minimum Gasteiger partial charge on any atom is -0.374 e. The fraction of sp³-hybridized carbons (Fsp3) is 0.412. The number of carbonyl (C=O) groups is 1. The smallest absolute Gasteiger partial charge is 0.263 e. The molecule has 0 saturated carbocycles. The van der Waals surface area contributed by atoms with E-state index < -0.39 is 0 Å². The molecule has 1 aliphatic rings. The number of amides is 1. The van der Waals surface area contributed by atoms with Crippen molar-refractivity contribution in [3.63, 3.8) is 0 Å². The van der Waals surface area contributed by atoms with Crippen molar-refractivity contribution in [2.24, 2.45) is 0 Å². The molecule has 1 heterocycles. The molecule has 1 saturated heterocycles. The Bertz CT molecular complexity index is 568. The molecule has 0 bridgehead atoms. The molecule has 1 N–H and O–H groups in total. The molecule has 1 fully saturated rings. The molecule has 0 aliphatic carbocycles. The number of benzene rings is 1. The maximum absolute atomic E-state index is 12.3. The summed E-state index contributed by atoms with van der Waals surface area (Å²) in [5, 5.41) is 12.1. The summed E-state index contributed by atoms with van der Waals surface area (Å²) in [6, 6.07) is 11.6. The van der Waals surface area contributed by atoms with Crippen molar-refractivity contribution in [3.05, 3.63) is 47.7 Å². The minimum atomic E-state index is -0.321. The number of hydrogen-bond donors (Lipinski definition) is 1. The Kier molecular flexibility index (Phi) is 5.56. The van der Waals surface area contributed by atoms with Gasteiger partial charge in [-0.05, 0) is 19.5 Å². The summed E-state index contributed by atoms with van der Waals surface area (Å²) in [6.45, 7) is 5.47. The van der Waals surface area contributed by atoms with Crippen LogP contribution in [0, 0.1) is 11.3 Å². The SMILES string of the molecule is CC(NC(=O)/C(C#N)=C\N1CCN(C)CC1)c1ccccc1. The molecule has 1 aliphatic heterocycles. The van der Waals surface area contributed by atoms with Gasteiger partial charge in [0, 0.05) is 32.4 Å². The highest BCUT2D eigenvalue weighted by molar-refractivity contribution is 5.97. The summed E-state index contributed by atoms with van der Waals surface area (Å²) in [5.74, 6) is -0.321. The van der Waals surface area contributed by atoms with Crippen molar-refractivity contribution in [2.45, 2.75) is 13.0 Å². The number of rotatable bonds is 4. The predicted molar refractivity (Wildman–Crippen MR) is 85.8 cm³/mol. The fourth-order valence-electron chi connectivity index (χ4n) is 2.37. The molecular formula is C17H22N4O. The quantitative estimate of drug-likeness (QED) is 0.676. The third-order valence-corrected chi connectivity index (χ3v) is 3.86. The zero-order chi connectivity index (χ0) is 15.9. The lowest BCUT2D eigenvalue weighted by atomic mass is 10.1. The van der Waals surface area contributed by atoms with Gasteiger partial charge in [-0.25, -0.2) is 0 Å². The van der Waals surface area contributed by atoms with Gasteiger partial charge in [-0.1, -0.05) is 30.3 Å². The number of nitriles is 1. The Morgan fingerprint density at radius 2 is 1.91 bits per heavy atom. The van der Waals surface area contributed by atoms with Crippen LogP contribution in [0.5, 0.6) is 0 Å². The molecule has 5 nitrogen and oxygen atoms in total. The zero-order valence-electron chi connectivity index (χ0n) is 13.1. The Hall–Kier alpha value is -2.32. The van der Waals surface area contributed by atoms with Crippen LogP contribution >= 0.6 is 0 Å². The number of carbonyl (C=O) groups excluding carboxylic acids is 1. The van der Waals surface area contributed by atoms with E-state index in [0.29, 0.717) is 0 Å². The van der Waals surface area contributed by atoms with Gasteiger partial charge >= 0.3 is 0 Å². The maximum atomic E-state index is 12.3. The van der Waals surface area contributed by atoms with E-state index in [1.165, 1.54) is 0 Å². The zero-order valence-corrected chi connectivity index (χ0v) is 13.1. The largest absolute Gasteiger partial charge is 0.374 e. The molecule has 0 aromatic heterocycles. The van der Waals surface area contributed by atoms with Gasteiger partial charge in [0.1, 0.15) is 11.6 Å². The third-order valence-electron chi connectivity index (χ3n) is 3.86. The van der Waals surface area contributed by atoms with E-state index in [1.807, 2.05) is 48.2 Å². The lowest BCUT2D eigenvalue weighted by Gasteiger charge is -2.31. The van der Waals surface area contributed by atoms with Gasteiger partial charge in [0.15, 0.2) is 0 Å². The van der Waals surface area contributed by atoms with Crippen LogP contribution < -0.4 is 5.32 Å². The van der Waals surface area contributed by atoms with E-state index in [-0.39, 0.29) is 17.5 Å². The normalized spacial score (nSPS) is 17.7. The van der Waals surface area contributed by atoms with E-state index in [0.717, 1.165) is 31.7 Å². The van der Waals surface area contributed by atoms with Crippen LogP contribution in [0.2, 0.25) is 0 Å². The highest BCUT2D eigenvalue weighted by atomic mass is 16.1. The molecule has 116 valence electrons. The molecule has 1 aromatic rings. The summed E-state index contributed by atoms with van der Waals surface area (Å²) >= 11 is 0. The van der Waals surface area contributed by atoms with Crippen LogP contribution in [0.25, 0.3) is 0 Å². The molecule has 22 heavy (non-hydrogen) atoms.